The third kappa shape index (κ3) is 4.36. The summed E-state index contributed by atoms with van der Waals surface area (Å²) in [6.07, 6.45) is 8.86. The Kier molecular flexibility index (Phi) is 7.32. The van der Waals surface area contributed by atoms with Crippen LogP contribution in [-0.2, 0) is 4.79 Å². The van der Waals surface area contributed by atoms with E-state index >= 15 is 0 Å². The van der Waals surface area contributed by atoms with Crippen molar-refractivity contribution in [3.05, 3.63) is 0 Å². The van der Waals surface area contributed by atoms with Crippen molar-refractivity contribution in [2.24, 2.45) is 11.8 Å². The highest BCUT2D eigenvalue weighted by atomic mass is 35.5. The van der Waals surface area contributed by atoms with Gasteiger partial charge in [0.15, 0.2) is 0 Å². The molecule has 0 saturated heterocycles. The number of hydrogen-bond donors (Lipinski definition) is 1. The number of nitrogens with one attached hydrogen (secondary N) is 1. The number of carbonyl (C=O) groups is 1. The van der Waals surface area contributed by atoms with E-state index in [0.717, 1.165) is 12.5 Å². The van der Waals surface area contributed by atoms with Gasteiger partial charge in [0.2, 0.25) is 5.91 Å². The van der Waals surface area contributed by atoms with Crippen molar-refractivity contribution >= 4 is 18.3 Å². The van der Waals surface area contributed by atoms with Crippen LogP contribution in [0.25, 0.3) is 0 Å². The van der Waals surface area contributed by atoms with Crippen LogP contribution in [0.2, 0.25) is 0 Å². The molecule has 4 heteroatoms. The third-order valence-electron chi connectivity index (χ3n) is 4.91. The molecule has 2 fully saturated rings. The van der Waals surface area contributed by atoms with E-state index in [0.29, 0.717) is 18.0 Å². The van der Waals surface area contributed by atoms with Crippen molar-refractivity contribution in [2.75, 3.05) is 13.6 Å². The van der Waals surface area contributed by atoms with E-state index in [2.05, 4.69) is 24.1 Å². The zero-order valence-electron chi connectivity index (χ0n) is 13.2. The first kappa shape index (κ1) is 17.8. The summed E-state index contributed by atoms with van der Waals surface area (Å²) in [7, 11) is 1.93. The number of nitrogens with zero attached hydrogens (tertiary/aromatic N) is 1. The van der Waals surface area contributed by atoms with Crippen LogP contribution in [0.3, 0.4) is 0 Å². The first-order chi connectivity index (χ1) is 9.17. The minimum absolute atomic E-state index is 0. The molecule has 2 aliphatic carbocycles. The fourth-order valence-corrected chi connectivity index (χ4v) is 3.49. The first-order valence-corrected chi connectivity index (χ1v) is 8.14. The molecule has 1 unspecified atom stereocenters. The van der Waals surface area contributed by atoms with Crippen LogP contribution in [-0.4, -0.2) is 36.5 Å². The van der Waals surface area contributed by atoms with Crippen LogP contribution in [0.15, 0.2) is 0 Å². The number of halogens is 1. The standard InChI is InChI=1S/C16H30N2O.ClH/c1-4-13-5-7-14(8-6-13)18(15-9-10-15)16(19)12(2)11-17-3;/h12-15,17H,4-11H2,1-3H3;1H. The van der Waals surface area contributed by atoms with Gasteiger partial charge in [-0.3, -0.25) is 4.79 Å². The van der Waals surface area contributed by atoms with E-state index in [9.17, 15) is 4.79 Å². The lowest BCUT2D eigenvalue weighted by Crippen LogP contribution is -2.47. The second kappa shape index (κ2) is 8.23. The molecule has 0 radical (unpaired) electrons. The normalized spacial score (nSPS) is 27.6. The Morgan fingerprint density at radius 2 is 1.65 bits per heavy atom. The van der Waals surface area contributed by atoms with E-state index in [-0.39, 0.29) is 18.3 Å². The molecular formula is C16H31ClN2O. The van der Waals surface area contributed by atoms with Crippen LogP contribution in [0.1, 0.15) is 58.8 Å². The van der Waals surface area contributed by atoms with Crippen molar-refractivity contribution in [3.63, 3.8) is 0 Å². The summed E-state index contributed by atoms with van der Waals surface area (Å²) in [6.45, 7) is 5.15. The molecule has 1 N–H and O–H groups in total. The third-order valence-corrected chi connectivity index (χ3v) is 4.91. The molecule has 2 aliphatic rings. The summed E-state index contributed by atoms with van der Waals surface area (Å²) in [5.74, 6) is 1.41. The molecule has 1 amide bonds. The van der Waals surface area contributed by atoms with Crippen LogP contribution in [0.5, 0.6) is 0 Å². The largest absolute Gasteiger partial charge is 0.336 e. The molecule has 0 bridgehead atoms. The summed E-state index contributed by atoms with van der Waals surface area (Å²) in [5, 5.41) is 3.13. The zero-order valence-corrected chi connectivity index (χ0v) is 14.0. The molecule has 0 spiro atoms. The second-order valence-electron chi connectivity index (χ2n) is 6.52. The molecule has 0 aliphatic heterocycles. The zero-order chi connectivity index (χ0) is 13.8. The molecule has 2 saturated carbocycles. The Morgan fingerprint density at radius 3 is 2.05 bits per heavy atom. The van der Waals surface area contributed by atoms with Gasteiger partial charge in [-0.1, -0.05) is 20.3 Å². The highest BCUT2D eigenvalue weighted by Gasteiger charge is 2.39. The number of carbonyl (C=O) groups excluding carboxylic acids is 1. The average Bonchev–Trinajstić information content (AvgIpc) is 3.24. The van der Waals surface area contributed by atoms with Gasteiger partial charge in [-0.2, -0.15) is 0 Å². The molecule has 2 rings (SSSR count). The summed E-state index contributed by atoms with van der Waals surface area (Å²) in [4.78, 5) is 14.9. The quantitative estimate of drug-likeness (QED) is 0.817. The van der Waals surface area contributed by atoms with Gasteiger partial charge in [-0.05, 0) is 51.5 Å². The SMILES string of the molecule is CCC1CCC(N(C(=O)C(C)CNC)C2CC2)CC1.Cl. The topological polar surface area (TPSA) is 32.3 Å². The predicted molar refractivity (Wildman–Crippen MR) is 86.2 cm³/mol. The summed E-state index contributed by atoms with van der Waals surface area (Å²) >= 11 is 0. The van der Waals surface area contributed by atoms with Gasteiger partial charge < -0.3 is 10.2 Å². The van der Waals surface area contributed by atoms with Gasteiger partial charge in [-0.15, -0.1) is 12.4 Å². The van der Waals surface area contributed by atoms with E-state index < -0.39 is 0 Å². The predicted octanol–water partition coefficient (Wildman–Crippen LogP) is 3.22. The average molecular weight is 303 g/mol. The Morgan fingerprint density at radius 1 is 1.15 bits per heavy atom. The smallest absolute Gasteiger partial charge is 0.227 e. The van der Waals surface area contributed by atoms with Crippen LogP contribution in [0.4, 0.5) is 0 Å². The van der Waals surface area contributed by atoms with Gasteiger partial charge in [0.1, 0.15) is 0 Å². The van der Waals surface area contributed by atoms with Gasteiger partial charge in [0.25, 0.3) is 0 Å². The minimum Gasteiger partial charge on any atom is -0.336 e. The molecule has 0 aromatic heterocycles. The van der Waals surface area contributed by atoms with Crippen molar-refractivity contribution in [2.45, 2.75) is 70.9 Å². The highest BCUT2D eigenvalue weighted by molar-refractivity contribution is 5.85. The number of hydrogen-bond acceptors (Lipinski definition) is 2. The van der Waals surface area contributed by atoms with Crippen LogP contribution >= 0.6 is 12.4 Å². The molecule has 0 heterocycles. The Bertz CT molecular complexity index is 299. The van der Waals surface area contributed by atoms with Crippen LogP contribution < -0.4 is 5.32 Å². The lowest BCUT2D eigenvalue weighted by Gasteiger charge is -2.38. The molecule has 3 nitrogen and oxygen atoms in total. The summed E-state index contributed by atoms with van der Waals surface area (Å²) < 4.78 is 0. The van der Waals surface area contributed by atoms with Crippen molar-refractivity contribution in [1.82, 2.24) is 10.2 Å². The second-order valence-corrected chi connectivity index (χ2v) is 6.52. The van der Waals surface area contributed by atoms with Crippen molar-refractivity contribution in [1.29, 1.82) is 0 Å². The van der Waals surface area contributed by atoms with Crippen molar-refractivity contribution < 1.29 is 4.79 Å². The molecule has 0 aromatic carbocycles. The maximum absolute atomic E-state index is 12.7. The first-order valence-electron chi connectivity index (χ1n) is 8.14. The number of rotatable bonds is 6. The molecule has 1 atom stereocenters. The van der Waals surface area contributed by atoms with E-state index in [1.165, 1.54) is 44.9 Å². The molecule has 118 valence electrons. The summed E-state index contributed by atoms with van der Waals surface area (Å²) in [6, 6.07) is 1.09. The Labute approximate surface area is 130 Å². The van der Waals surface area contributed by atoms with Gasteiger partial charge in [0, 0.05) is 24.5 Å². The fraction of sp³-hybridized carbons (Fsp3) is 0.938. The Hall–Kier alpha value is -0.280. The molecule has 20 heavy (non-hydrogen) atoms. The fourth-order valence-electron chi connectivity index (χ4n) is 3.49. The maximum Gasteiger partial charge on any atom is 0.227 e. The minimum atomic E-state index is 0. The highest BCUT2D eigenvalue weighted by Crippen LogP contribution is 2.36. The van der Waals surface area contributed by atoms with E-state index in [4.69, 9.17) is 0 Å². The van der Waals surface area contributed by atoms with E-state index in [1.807, 2.05) is 7.05 Å². The van der Waals surface area contributed by atoms with Crippen LogP contribution in [0, 0.1) is 11.8 Å². The maximum atomic E-state index is 12.7. The Balaban J connectivity index is 0.00000200. The summed E-state index contributed by atoms with van der Waals surface area (Å²) in [5.41, 5.74) is 0. The molecular weight excluding hydrogens is 272 g/mol. The number of amides is 1. The van der Waals surface area contributed by atoms with E-state index in [1.54, 1.807) is 0 Å². The lowest BCUT2D eigenvalue weighted by atomic mass is 9.83. The van der Waals surface area contributed by atoms with Crippen molar-refractivity contribution in [3.8, 4) is 0 Å². The van der Waals surface area contributed by atoms with Gasteiger partial charge >= 0.3 is 0 Å². The van der Waals surface area contributed by atoms with Gasteiger partial charge in [0.05, 0.1) is 0 Å². The molecule has 0 aromatic rings. The van der Waals surface area contributed by atoms with Gasteiger partial charge in [-0.25, -0.2) is 0 Å². The monoisotopic (exact) mass is 302 g/mol. The lowest BCUT2D eigenvalue weighted by molar-refractivity contribution is -0.138.